The van der Waals surface area contributed by atoms with E-state index in [1.165, 1.54) is 0 Å². The molecule has 1 aliphatic rings. The zero-order chi connectivity index (χ0) is 15.1. The van der Waals surface area contributed by atoms with E-state index in [2.05, 4.69) is 33.9 Å². The predicted octanol–water partition coefficient (Wildman–Crippen LogP) is 1.51. The molecule has 116 valence electrons. The molecular weight excluding hydrogens is 264 g/mol. The van der Waals surface area contributed by atoms with Gasteiger partial charge in [-0.3, -0.25) is 9.69 Å². The smallest absolute Gasteiger partial charge is 0.234 e. The van der Waals surface area contributed by atoms with Crippen LogP contribution in [-0.2, 0) is 4.79 Å². The lowest BCUT2D eigenvalue weighted by atomic mass is 10.2. The van der Waals surface area contributed by atoms with Crippen LogP contribution < -0.4 is 10.2 Å². The lowest BCUT2D eigenvalue weighted by molar-refractivity contribution is -0.123. The summed E-state index contributed by atoms with van der Waals surface area (Å²) in [6.07, 6.45) is 3.82. The molecular formula is C16H26N4O. The zero-order valence-corrected chi connectivity index (χ0v) is 13.1. The van der Waals surface area contributed by atoms with Crippen molar-refractivity contribution in [2.24, 2.45) is 0 Å². The quantitative estimate of drug-likeness (QED) is 0.863. The zero-order valence-electron chi connectivity index (χ0n) is 13.1. The maximum Gasteiger partial charge on any atom is 0.234 e. The molecule has 1 fully saturated rings. The molecule has 0 atom stereocenters. The summed E-state index contributed by atoms with van der Waals surface area (Å²) in [5.74, 6) is 1.17. The topological polar surface area (TPSA) is 48.5 Å². The van der Waals surface area contributed by atoms with Gasteiger partial charge >= 0.3 is 0 Å². The van der Waals surface area contributed by atoms with E-state index in [1.807, 2.05) is 24.4 Å². The maximum absolute atomic E-state index is 12.0. The summed E-state index contributed by atoms with van der Waals surface area (Å²) in [7, 11) is 0. The number of nitrogens with one attached hydrogen (secondary N) is 1. The second-order valence-corrected chi connectivity index (χ2v) is 5.53. The Morgan fingerprint density at radius 3 is 2.52 bits per heavy atom. The van der Waals surface area contributed by atoms with Gasteiger partial charge in [0.05, 0.1) is 6.54 Å². The van der Waals surface area contributed by atoms with Crippen LogP contribution in [0.3, 0.4) is 0 Å². The van der Waals surface area contributed by atoms with E-state index in [4.69, 9.17) is 0 Å². The third kappa shape index (κ3) is 4.70. The average Bonchev–Trinajstić information content (AvgIpc) is 2.54. The molecule has 0 radical (unpaired) electrons. The van der Waals surface area contributed by atoms with Gasteiger partial charge in [-0.25, -0.2) is 4.98 Å². The lowest BCUT2D eigenvalue weighted by Gasteiger charge is -2.35. The van der Waals surface area contributed by atoms with Crippen molar-refractivity contribution in [2.75, 3.05) is 37.6 Å². The molecule has 5 nitrogen and oxygen atoms in total. The number of amides is 1. The van der Waals surface area contributed by atoms with Crippen molar-refractivity contribution in [2.45, 2.75) is 32.7 Å². The van der Waals surface area contributed by atoms with Crippen molar-refractivity contribution in [1.29, 1.82) is 0 Å². The Balaban J connectivity index is 1.75. The van der Waals surface area contributed by atoms with E-state index in [-0.39, 0.29) is 5.91 Å². The standard InChI is InChI=1S/C16H26N4O/c1-3-14(4-2)18-16(21)13-19-9-11-20(12-10-19)15-7-5-6-8-17-15/h5-8,14H,3-4,9-13H2,1-2H3,(H,18,21). The summed E-state index contributed by atoms with van der Waals surface area (Å²) in [5.41, 5.74) is 0. The van der Waals surface area contributed by atoms with E-state index in [1.54, 1.807) is 0 Å². The van der Waals surface area contributed by atoms with Gasteiger partial charge in [0, 0.05) is 38.4 Å². The number of carbonyl (C=O) groups excluding carboxylic acids is 1. The Morgan fingerprint density at radius 2 is 1.95 bits per heavy atom. The molecule has 2 heterocycles. The Morgan fingerprint density at radius 1 is 1.24 bits per heavy atom. The monoisotopic (exact) mass is 290 g/mol. The second-order valence-electron chi connectivity index (χ2n) is 5.53. The number of anilines is 1. The first-order valence-corrected chi connectivity index (χ1v) is 7.90. The van der Waals surface area contributed by atoms with Crippen molar-refractivity contribution < 1.29 is 4.79 Å². The number of pyridine rings is 1. The van der Waals surface area contributed by atoms with Gasteiger partial charge in [-0.1, -0.05) is 19.9 Å². The maximum atomic E-state index is 12.0. The minimum atomic E-state index is 0.148. The molecule has 0 unspecified atom stereocenters. The molecule has 1 aromatic heterocycles. The van der Waals surface area contributed by atoms with E-state index in [0.717, 1.165) is 44.8 Å². The van der Waals surface area contributed by atoms with Crippen LogP contribution in [0.1, 0.15) is 26.7 Å². The van der Waals surface area contributed by atoms with Crippen LogP contribution in [0.25, 0.3) is 0 Å². The first-order chi connectivity index (χ1) is 10.2. The molecule has 2 rings (SSSR count). The van der Waals surface area contributed by atoms with Crippen LogP contribution in [-0.4, -0.2) is 54.6 Å². The molecule has 1 N–H and O–H groups in total. The number of hydrogen-bond donors (Lipinski definition) is 1. The number of piperazine rings is 1. The van der Waals surface area contributed by atoms with Crippen LogP contribution >= 0.6 is 0 Å². The molecule has 5 heteroatoms. The molecule has 0 aliphatic carbocycles. The normalized spacial score (nSPS) is 16.2. The fourth-order valence-electron chi connectivity index (χ4n) is 2.65. The molecule has 0 aromatic carbocycles. The molecule has 0 saturated carbocycles. The van der Waals surface area contributed by atoms with Crippen molar-refractivity contribution in [3.63, 3.8) is 0 Å². The highest BCUT2D eigenvalue weighted by atomic mass is 16.2. The molecule has 0 spiro atoms. The van der Waals surface area contributed by atoms with Gasteiger partial charge in [0.15, 0.2) is 0 Å². The molecule has 1 amide bonds. The second kappa shape index (κ2) is 7.98. The fourth-order valence-corrected chi connectivity index (χ4v) is 2.65. The van der Waals surface area contributed by atoms with Crippen LogP contribution in [0.5, 0.6) is 0 Å². The van der Waals surface area contributed by atoms with Crippen LogP contribution in [0.2, 0.25) is 0 Å². The highest BCUT2D eigenvalue weighted by molar-refractivity contribution is 5.78. The van der Waals surface area contributed by atoms with Crippen molar-refractivity contribution in [1.82, 2.24) is 15.2 Å². The summed E-state index contributed by atoms with van der Waals surface area (Å²) in [6, 6.07) is 6.29. The lowest BCUT2D eigenvalue weighted by Crippen LogP contribution is -2.50. The van der Waals surface area contributed by atoms with Gasteiger partial charge in [-0.2, -0.15) is 0 Å². The molecule has 1 aliphatic heterocycles. The minimum absolute atomic E-state index is 0.148. The van der Waals surface area contributed by atoms with E-state index < -0.39 is 0 Å². The number of hydrogen-bond acceptors (Lipinski definition) is 4. The van der Waals surface area contributed by atoms with Gasteiger partial charge < -0.3 is 10.2 Å². The van der Waals surface area contributed by atoms with Crippen LogP contribution in [0.4, 0.5) is 5.82 Å². The SMILES string of the molecule is CCC(CC)NC(=O)CN1CCN(c2ccccn2)CC1. The van der Waals surface area contributed by atoms with Gasteiger partial charge in [-0.15, -0.1) is 0 Å². The van der Waals surface area contributed by atoms with E-state index in [9.17, 15) is 4.79 Å². The van der Waals surface area contributed by atoms with Gasteiger partial charge in [0.25, 0.3) is 0 Å². The Bertz CT molecular complexity index is 425. The number of aromatic nitrogens is 1. The Kier molecular flexibility index (Phi) is 5.99. The Hall–Kier alpha value is -1.62. The summed E-state index contributed by atoms with van der Waals surface area (Å²) in [5, 5.41) is 3.10. The van der Waals surface area contributed by atoms with Crippen molar-refractivity contribution >= 4 is 11.7 Å². The first kappa shape index (κ1) is 15.8. The van der Waals surface area contributed by atoms with Gasteiger partial charge in [0.1, 0.15) is 5.82 Å². The van der Waals surface area contributed by atoms with Gasteiger partial charge in [-0.05, 0) is 25.0 Å². The highest BCUT2D eigenvalue weighted by Gasteiger charge is 2.20. The highest BCUT2D eigenvalue weighted by Crippen LogP contribution is 2.12. The number of nitrogens with zero attached hydrogens (tertiary/aromatic N) is 3. The average molecular weight is 290 g/mol. The number of carbonyl (C=O) groups is 1. The van der Waals surface area contributed by atoms with Crippen LogP contribution in [0.15, 0.2) is 24.4 Å². The summed E-state index contributed by atoms with van der Waals surface area (Å²) in [4.78, 5) is 20.9. The number of rotatable bonds is 6. The molecule has 1 saturated heterocycles. The Labute approximate surface area is 127 Å². The summed E-state index contributed by atoms with van der Waals surface area (Å²) < 4.78 is 0. The molecule has 1 aromatic rings. The third-order valence-corrected chi connectivity index (χ3v) is 4.06. The van der Waals surface area contributed by atoms with E-state index in [0.29, 0.717) is 12.6 Å². The van der Waals surface area contributed by atoms with Gasteiger partial charge in [0.2, 0.25) is 5.91 Å². The fraction of sp³-hybridized carbons (Fsp3) is 0.625. The third-order valence-electron chi connectivity index (χ3n) is 4.06. The van der Waals surface area contributed by atoms with Crippen LogP contribution in [0, 0.1) is 0 Å². The minimum Gasteiger partial charge on any atom is -0.354 e. The summed E-state index contributed by atoms with van der Waals surface area (Å²) in [6.45, 7) is 8.40. The summed E-state index contributed by atoms with van der Waals surface area (Å²) >= 11 is 0. The van der Waals surface area contributed by atoms with Crippen molar-refractivity contribution in [3.8, 4) is 0 Å². The molecule has 0 bridgehead atoms. The predicted molar refractivity (Wildman–Crippen MR) is 85.4 cm³/mol. The first-order valence-electron chi connectivity index (χ1n) is 7.90. The van der Waals surface area contributed by atoms with Crippen molar-refractivity contribution in [3.05, 3.63) is 24.4 Å². The largest absolute Gasteiger partial charge is 0.354 e. The van der Waals surface area contributed by atoms with E-state index >= 15 is 0 Å². The molecule has 21 heavy (non-hydrogen) atoms.